The van der Waals surface area contributed by atoms with Crippen LogP contribution >= 0.6 is 11.6 Å². The number of rotatable bonds is 3. The Morgan fingerprint density at radius 3 is 3.00 bits per heavy atom. The van der Waals surface area contributed by atoms with E-state index in [1.807, 2.05) is 30.1 Å². The Kier molecular flexibility index (Phi) is 4.14. The molecule has 0 unspecified atom stereocenters. The quantitative estimate of drug-likeness (QED) is 0.697. The molecule has 0 aliphatic carbocycles. The van der Waals surface area contributed by atoms with Crippen LogP contribution in [0.3, 0.4) is 0 Å². The number of aromatic amines is 1. The van der Waals surface area contributed by atoms with E-state index in [1.54, 1.807) is 30.7 Å². The monoisotopic (exact) mass is 366 g/mol. The molecule has 4 heterocycles. The zero-order chi connectivity index (χ0) is 18.1. The van der Waals surface area contributed by atoms with E-state index in [1.165, 1.54) is 0 Å². The Morgan fingerprint density at radius 2 is 2.19 bits per heavy atom. The van der Waals surface area contributed by atoms with Crippen molar-refractivity contribution in [3.63, 3.8) is 0 Å². The Labute approximate surface area is 154 Å². The number of nitrogens with zero attached hydrogens (tertiary/aromatic N) is 4. The van der Waals surface area contributed by atoms with E-state index in [0.29, 0.717) is 28.9 Å². The number of fused-ring (bicyclic) bond motifs is 1. The molecule has 0 saturated carbocycles. The molecule has 3 aromatic heterocycles. The molecule has 26 heavy (non-hydrogen) atoms. The van der Waals surface area contributed by atoms with Gasteiger partial charge in [0, 0.05) is 36.6 Å². The van der Waals surface area contributed by atoms with Crippen molar-refractivity contribution in [1.82, 2.24) is 25.2 Å². The molecule has 4 rings (SSSR count). The Bertz CT molecular complexity index is 1040. The lowest BCUT2D eigenvalue weighted by atomic mass is 10.2. The second-order valence-electron chi connectivity index (χ2n) is 5.89. The molecule has 130 valence electrons. The standard InChI is InChI=1S/C18H15ClN6O/c1-25(10-13-4-2-3-5-20-13)18-23-15(17(26)24-18)6-11-8-21-16-14(11)7-12(19)9-22-16/h2-9H,10H2,1H3,(H,21,22)(H,23,24,26). The van der Waals surface area contributed by atoms with Gasteiger partial charge < -0.3 is 9.88 Å². The summed E-state index contributed by atoms with van der Waals surface area (Å²) in [5, 5.41) is 4.16. The Balaban J connectivity index is 1.61. The first-order valence-electron chi connectivity index (χ1n) is 7.95. The Morgan fingerprint density at radius 1 is 1.31 bits per heavy atom. The summed E-state index contributed by atoms with van der Waals surface area (Å²) in [5.74, 6) is 0.236. The summed E-state index contributed by atoms with van der Waals surface area (Å²) in [7, 11) is 1.85. The van der Waals surface area contributed by atoms with Crippen molar-refractivity contribution in [2.75, 3.05) is 7.05 Å². The van der Waals surface area contributed by atoms with Crippen LogP contribution in [0.25, 0.3) is 17.1 Å². The highest BCUT2D eigenvalue weighted by molar-refractivity contribution is 6.31. The maximum Gasteiger partial charge on any atom is 0.276 e. The van der Waals surface area contributed by atoms with Crippen molar-refractivity contribution in [2.45, 2.75) is 6.54 Å². The molecular weight excluding hydrogens is 352 g/mol. The van der Waals surface area contributed by atoms with Crippen LogP contribution in [0.5, 0.6) is 0 Å². The number of aromatic nitrogens is 3. The third-order valence-electron chi connectivity index (χ3n) is 3.99. The summed E-state index contributed by atoms with van der Waals surface area (Å²) in [6, 6.07) is 7.51. The summed E-state index contributed by atoms with van der Waals surface area (Å²) in [4.78, 5) is 30.1. The van der Waals surface area contributed by atoms with Gasteiger partial charge in [-0.05, 0) is 24.3 Å². The fraction of sp³-hybridized carbons (Fsp3) is 0.111. The van der Waals surface area contributed by atoms with Crippen molar-refractivity contribution >= 4 is 40.6 Å². The number of nitrogens with one attached hydrogen (secondary N) is 2. The van der Waals surface area contributed by atoms with Crippen molar-refractivity contribution < 1.29 is 4.79 Å². The first-order chi connectivity index (χ1) is 12.6. The first kappa shape index (κ1) is 16.3. The highest BCUT2D eigenvalue weighted by atomic mass is 35.5. The molecule has 1 amide bonds. The van der Waals surface area contributed by atoms with Crippen LogP contribution < -0.4 is 5.32 Å². The van der Waals surface area contributed by atoms with E-state index in [2.05, 4.69) is 25.3 Å². The van der Waals surface area contributed by atoms with Gasteiger partial charge in [0.1, 0.15) is 11.3 Å². The number of halogens is 1. The minimum atomic E-state index is -0.253. The number of H-pyrrole nitrogens is 1. The number of hydrogen-bond donors (Lipinski definition) is 2. The van der Waals surface area contributed by atoms with Gasteiger partial charge in [-0.1, -0.05) is 17.7 Å². The van der Waals surface area contributed by atoms with E-state index >= 15 is 0 Å². The van der Waals surface area contributed by atoms with Gasteiger partial charge in [0.15, 0.2) is 0 Å². The first-order valence-corrected chi connectivity index (χ1v) is 8.33. The molecule has 1 aliphatic rings. The number of guanidine groups is 1. The molecule has 7 nitrogen and oxygen atoms in total. The van der Waals surface area contributed by atoms with Crippen molar-refractivity contribution in [2.24, 2.45) is 4.99 Å². The average molecular weight is 367 g/mol. The van der Waals surface area contributed by atoms with E-state index in [9.17, 15) is 4.79 Å². The molecule has 0 fully saturated rings. The molecule has 8 heteroatoms. The smallest absolute Gasteiger partial charge is 0.276 e. The second-order valence-corrected chi connectivity index (χ2v) is 6.33. The predicted molar refractivity (Wildman–Crippen MR) is 100 cm³/mol. The third-order valence-corrected chi connectivity index (χ3v) is 4.20. The minimum Gasteiger partial charge on any atom is -0.346 e. The van der Waals surface area contributed by atoms with E-state index < -0.39 is 0 Å². The number of carbonyl (C=O) groups is 1. The lowest BCUT2D eigenvalue weighted by molar-refractivity contribution is -0.115. The van der Waals surface area contributed by atoms with Gasteiger partial charge in [-0.3, -0.25) is 15.1 Å². The minimum absolute atomic E-state index is 0.253. The highest BCUT2D eigenvalue weighted by Gasteiger charge is 2.23. The third kappa shape index (κ3) is 3.16. The van der Waals surface area contributed by atoms with Gasteiger partial charge in [-0.15, -0.1) is 0 Å². The summed E-state index contributed by atoms with van der Waals surface area (Å²) in [6.45, 7) is 0.542. The van der Waals surface area contributed by atoms with E-state index in [4.69, 9.17) is 11.6 Å². The largest absolute Gasteiger partial charge is 0.346 e. The fourth-order valence-corrected chi connectivity index (χ4v) is 2.87. The number of aliphatic imine (C=N–C) groups is 1. The summed E-state index contributed by atoms with van der Waals surface area (Å²) in [5.41, 5.74) is 2.73. The summed E-state index contributed by atoms with van der Waals surface area (Å²) >= 11 is 6.02. The number of amides is 1. The Hall–Kier alpha value is -3.19. The molecule has 0 radical (unpaired) electrons. The van der Waals surface area contributed by atoms with Crippen molar-refractivity contribution in [1.29, 1.82) is 0 Å². The van der Waals surface area contributed by atoms with Crippen molar-refractivity contribution in [3.05, 3.63) is 64.8 Å². The van der Waals surface area contributed by atoms with Crippen LogP contribution in [-0.4, -0.2) is 38.8 Å². The molecule has 0 aromatic carbocycles. The van der Waals surface area contributed by atoms with Gasteiger partial charge in [-0.25, -0.2) is 9.98 Å². The maximum absolute atomic E-state index is 12.3. The van der Waals surface area contributed by atoms with E-state index in [0.717, 1.165) is 16.6 Å². The van der Waals surface area contributed by atoms with Crippen LogP contribution in [0.2, 0.25) is 5.02 Å². The van der Waals surface area contributed by atoms with Crippen molar-refractivity contribution in [3.8, 4) is 0 Å². The van der Waals surface area contributed by atoms with Gasteiger partial charge in [0.25, 0.3) is 5.91 Å². The zero-order valence-corrected chi connectivity index (χ0v) is 14.7. The van der Waals surface area contributed by atoms with Gasteiger partial charge >= 0.3 is 0 Å². The maximum atomic E-state index is 12.3. The van der Waals surface area contributed by atoms with Crippen LogP contribution in [0.1, 0.15) is 11.3 Å². The fourth-order valence-electron chi connectivity index (χ4n) is 2.71. The topological polar surface area (TPSA) is 86.3 Å². The van der Waals surface area contributed by atoms with Crippen LogP contribution in [-0.2, 0) is 11.3 Å². The molecule has 1 aliphatic heterocycles. The lowest BCUT2D eigenvalue weighted by Crippen LogP contribution is -2.37. The molecular formula is C18H15ClN6O. The summed E-state index contributed by atoms with van der Waals surface area (Å²) < 4.78 is 0. The predicted octanol–water partition coefficient (Wildman–Crippen LogP) is 2.57. The number of pyridine rings is 2. The van der Waals surface area contributed by atoms with E-state index in [-0.39, 0.29) is 5.91 Å². The number of carbonyl (C=O) groups excluding carboxylic acids is 1. The van der Waals surface area contributed by atoms with Gasteiger partial charge in [-0.2, -0.15) is 0 Å². The van der Waals surface area contributed by atoms with Crippen LogP contribution in [0, 0.1) is 0 Å². The molecule has 2 N–H and O–H groups in total. The SMILES string of the molecule is CN(Cc1ccccn1)C1=NC(=Cc2c[nH]c3ncc(Cl)cc23)C(=O)N1. The normalized spacial score (nSPS) is 15.4. The average Bonchev–Trinajstić information content (AvgIpc) is 3.20. The van der Waals surface area contributed by atoms with Gasteiger partial charge in [0.05, 0.1) is 17.3 Å². The number of hydrogen-bond acceptors (Lipinski definition) is 5. The van der Waals surface area contributed by atoms with Gasteiger partial charge in [0.2, 0.25) is 5.96 Å². The highest BCUT2D eigenvalue weighted by Crippen LogP contribution is 2.23. The molecule has 3 aromatic rings. The molecule has 0 atom stereocenters. The molecule has 0 spiro atoms. The van der Waals surface area contributed by atoms with Crippen LogP contribution in [0.4, 0.5) is 0 Å². The molecule has 0 bridgehead atoms. The zero-order valence-electron chi connectivity index (χ0n) is 13.9. The molecule has 0 saturated heterocycles. The summed E-state index contributed by atoms with van der Waals surface area (Å²) in [6.07, 6.45) is 6.80. The second kappa shape index (κ2) is 6.61. The van der Waals surface area contributed by atoms with Crippen LogP contribution in [0.15, 0.2) is 53.5 Å². The lowest BCUT2D eigenvalue weighted by Gasteiger charge is -2.17.